The smallest absolute Gasteiger partial charge is 0.0558 e. The van der Waals surface area contributed by atoms with Crippen molar-refractivity contribution >= 4 is 0 Å². The molecule has 2 aliphatic rings. The third-order valence-electron chi connectivity index (χ3n) is 3.68. The predicted molar refractivity (Wildman–Crippen MR) is 57.3 cm³/mol. The Morgan fingerprint density at radius 1 is 1.29 bits per heavy atom. The van der Waals surface area contributed by atoms with Crippen LogP contribution in [0.15, 0.2) is 0 Å². The highest BCUT2D eigenvalue weighted by Crippen LogP contribution is 2.23. The molecule has 3 heteroatoms. The molecule has 2 saturated heterocycles. The summed E-state index contributed by atoms with van der Waals surface area (Å²) >= 11 is 0. The van der Waals surface area contributed by atoms with Crippen molar-refractivity contribution in [3.05, 3.63) is 0 Å². The van der Waals surface area contributed by atoms with E-state index < -0.39 is 0 Å². The molecule has 0 bridgehead atoms. The van der Waals surface area contributed by atoms with E-state index in [1.807, 2.05) is 0 Å². The fraction of sp³-hybridized carbons (Fsp3) is 1.00. The second-order valence-electron chi connectivity index (χ2n) is 4.72. The SMILES string of the molecule is CC1CCCCN1C1CN(CCO)C1. The Morgan fingerprint density at radius 3 is 2.71 bits per heavy atom. The Bertz CT molecular complexity index is 180. The maximum Gasteiger partial charge on any atom is 0.0558 e. The van der Waals surface area contributed by atoms with Crippen LogP contribution < -0.4 is 0 Å². The van der Waals surface area contributed by atoms with Gasteiger partial charge in [-0.25, -0.2) is 0 Å². The average Bonchev–Trinajstić information content (AvgIpc) is 2.12. The standard InChI is InChI=1S/C11H22N2O/c1-10-4-2-3-5-13(10)11-8-12(9-11)6-7-14/h10-11,14H,2-9H2,1H3. The highest BCUT2D eigenvalue weighted by atomic mass is 16.3. The zero-order valence-corrected chi connectivity index (χ0v) is 9.15. The predicted octanol–water partition coefficient (Wildman–Crippen LogP) is 0.537. The molecule has 0 saturated carbocycles. The van der Waals surface area contributed by atoms with Gasteiger partial charge in [0.25, 0.3) is 0 Å². The molecule has 2 aliphatic heterocycles. The van der Waals surface area contributed by atoms with E-state index in [9.17, 15) is 0 Å². The van der Waals surface area contributed by atoms with E-state index >= 15 is 0 Å². The summed E-state index contributed by atoms with van der Waals surface area (Å²) in [4.78, 5) is 5.00. The Kier molecular flexibility index (Phi) is 3.42. The zero-order valence-electron chi connectivity index (χ0n) is 9.15. The third-order valence-corrected chi connectivity index (χ3v) is 3.68. The van der Waals surface area contributed by atoms with Crippen LogP contribution in [0.25, 0.3) is 0 Å². The maximum absolute atomic E-state index is 8.79. The van der Waals surface area contributed by atoms with Gasteiger partial charge in [0.2, 0.25) is 0 Å². The van der Waals surface area contributed by atoms with Gasteiger partial charge < -0.3 is 5.11 Å². The number of aliphatic hydroxyl groups excluding tert-OH is 1. The van der Waals surface area contributed by atoms with Crippen LogP contribution in [-0.4, -0.2) is 59.8 Å². The first-order valence-corrected chi connectivity index (χ1v) is 5.90. The van der Waals surface area contributed by atoms with Crippen molar-refractivity contribution in [2.75, 3.05) is 32.8 Å². The van der Waals surface area contributed by atoms with Crippen molar-refractivity contribution < 1.29 is 5.11 Å². The van der Waals surface area contributed by atoms with E-state index in [0.29, 0.717) is 6.61 Å². The number of β-amino-alcohol motifs (C(OH)–C–C–N with tert-alkyl or cyclic N) is 1. The summed E-state index contributed by atoms with van der Waals surface area (Å²) < 4.78 is 0. The molecule has 0 spiro atoms. The molecule has 14 heavy (non-hydrogen) atoms. The van der Waals surface area contributed by atoms with Gasteiger partial charge in [0.05, 0.1) is 6.61 Å². The highest BCUT2D eigenvalue weighted by Gasteiger charge is 2.34. The summed E-state index contributed by atoms with van der Waals surface area (Å²) in [6.07, 6.45) is 4.15. The fourth-order valence-corrected chi connectivity index (χ4v) is 2.74. The second kappa shape index (κ2) is 4.60. The van der Waals surface area contributed by atoms with Crippen molar-refractivity contribution in [3.8, 4) is 0 Å². The van der Waals surface area contributed by atoms with Gasteiger partial charge in [-0.1, -0.05) is 6.42 Å². The quantitative estimate of drug-likeness (QED) is 0.717. The number of rotatable bonds is 3. The first kappa shape index (κ1) is 10.4. The van der Waals surface area contributed by atoms with Gasteiger partial charge >= 0.3 is 0 Å². The monoisotopic (exact) mass is 198 g/mol. The largest absolute Gasteiger partial charge is 0.395 e. The summed E-state index contributed by atoms with van der Waals surface area (Å²) in [5.74, 6) is 0. The Labute approximate surface area is 86.7 Å². The number of piperidine rings is 1. The van der Waals surface area contributed by atoms with Gasteiger partial charge in [-0.2, -0.15) is 0 Å². The second-order valence-corrected chi connectivity index (χ2v) is 4.72. The van der Waals surface area contributed by atoms with E-state index in [1.54, 1.807) is 0 Å². The number of aliphatic hydroxyl groups is 1. The minimum Gasteiger partial charge on any atom is -0.395 e. The van der Waals surface area contributed by atoms with Crippen LogP contribution in [0.2, 0.25) is 0 Å². The van der Waals surface area contributed by atoms with E-state index in [2.05, 4.69) is 16.7 Å². The topological polar surface area (TPSA) is 26.7 Å². The maximum atomic E-state index is 8.79. The minimum absolute atomic E-state index is 0.308. The normalized spacial score (nSPS) is 31.7. The number of hydrogen-bond donors (Lipinski definition) is 1. The molecule has 2 heterocycles. The lowest BCUT2D eigenvalue weighted by molar-refractivity contribution is -0.00832. The minimum atomic E-state index is 0.308. The number of hydrogen-bond acceptors (Lipinski definition) is 3. The third kappa shape index (κ3) is 2.10. The molecule has 1 atom stereocenters. The average molecular weight is 198 g/mol. The molecule has 0 aromatic heterocycles. The molecule has 3 nitrogen and oxygen atoms in total. The van der Waals surface area contributed by atoms with Gasteiger partial charge in [-0.05, 0) is 26.3 Å². The molecular formula is C11H22N2O. The molecule has 0 aromatic carbocycles. The Morgan fingerprint density at radius 2 is 2.07 bits per heavy atom. The van der Waals surface area contributed by atoms with E-state index in [1.165, 1.54) is 38.9 Å². The summed E-state index contributed by atoms with van der Waals surface area (Å²) in [6, 6.07) is 1.56. The number of nitrogens with zero attached hydrogens (tertiary/aromatic N) is 2. The lowest BCUT2D eigenvalue weighted by Crippen LogP contribution is -2.62. The molecule has 0 aromatic rings. The van der Waals surface area contributed by atoms with Crippen LogP contribution in [0, 0.1) is 0 Å². The van der Waals surface area contributed by atoms with Crippen LogP contribution in [-0.2, 0) is 0 Å². The Balaban J connectivity index is 1.74. The van der Waals surface area contributed by atoms with Crippen molar-refractivity contribution in [1.82, 2.24) is 9.80 Å². The summed E-state index contributed by atoms with van der Waals surface area (Å²) in [7, 11) is 0. The van der Waals surface area contributed by atoms with Gasteiger partial charge in [0.15, 0.2) is 0 Å². The highest BCUT2D eigenvalue weighted by molar-refractivity contribution is 4.91. The van der Waals surface area contributed by atoms with Crippen LogP contribution in [0.5, 0.6) is 0 Å². The molecular weight excluding hydrogens is 176 g/mol. The first-order valence-electron chi connectivity index (χ1n) is 5.90. The lowest BCUT2D eigenvalue weighted by atomic mass is 9.97. The first-order chi connectivity index (χ1) is 6.81. The van der Waals surface area contributed by atoms with Crippen LogP contribution in [0.1, 0.15) is 26.2 Å². The molecule has 2 fully saturated rings. The summed E-state index contributed by atoms with van der Waals surface area (Å²) in [6.45, 7) is 7.16. The van der Waals surface area contributed by atoms with E-state index in [4.69, 9.17) is 5.11 Å². The lowest BCUT2D eigenvalue weighted by Gasteiger charge is -2.49. The summed E-state index contributed by atoms with van der Waals surface area (Å²) in [5.41, 5.74) is 0. The molecule has 0 amide bonds. The van der Waals surface area contributed by atoms with Crippen LogP contribution in [0.3, 0.4) is 0 Å². The van der Waals surface area contributed by atoms with E-state index in [-0.39, 0.29) is 0 Å². The van der Waals surface area contributed by atoms with Gasteiger partial charge in [-0.3, -0.25) is 9.80 Å². The van der Waals surface area contributed by atoms with Crippen molar-refractivity contribution in [2.45, 2.75) is 38.3 Å². The van der Waals surface area contributed by atoms with Crippen LogP contribution >= 0.6 is 0 Å². The van der Waals surface area contributed by atoms with Gasteiger partial charge in [-0.15, -0.1) is 0 Å². The van der Waals surface area contributed by atoms with Gasteiger partial charge in [0, 0.05) is 31.7 Å². The van der Waals surface area contributed by atoms with Gasteiger partial charge in [0.1, 0.15) is 0 Å². The van der Waals surface area contributed by atoms with Crippen molar-refractivity contribution in [1.29, 1.82) is 0 Å². The molecule has 0 aliphatic carbocycles. The molecule has 0 radical (unpaired) electrons. The molecule has 82 valence electrons. The van der Waals surface area contributed by atoms with Crippen molar-refractivity contribution in [3.63, 3.8) is 0 Å². The van der Waals surface area contributed by atoms with Crippen molar-refractivity contribution in [2.24, 2.45) is 0 Å². The Hall–Kier alpha value is -0.120. The van der Waals surface area contributed by atoms with Crippen LogP contribution in [0.4, 0.5) is 0 Å². The molecule has 1 unspecified atom stereocenters. The fourth-order valence-electron chi connectivity index (χ4n) is 2.74. The summed E-state index contributed by atoms with van der Waals surface area (Å²) in [5, 5.41) is 8.79. The zero-order chi connectivity index (χ0) is 9.97. The molecule has 2 rings (SSSR count). The molecule has 1 N–H and O–H groups in total. The van der Waals surface area contributed by atoms with E-state index in [0.717, 1.165) is 18.6 Å². The number of likely N-dealkylation sites (tertiary alicyclic amines) is 2.